The Kier molecular flexibility index (Phi) is 4.85. The minimum atomic E-state index is -3.81. The topological polar surface area (TPSA) is 109 Å². The Morgan fingerprint density at radius 1 is 1.44 bits per heavy atom. The molecule has 2 atom stereocenters. The van der Waals surface area contributed by atoms with Crippen LogP contribution in [0.15, 0.2) is 33.6 Å². The molecule has 0 heterocycles. The third kappa shape index (κ3) is 3.52. The maximum absolute atomic E-state index is 12.0. The number of hydrogen-bond donors (Lipinski definition) is 3. The van der Waals surface area contributed by atoms with Gasteiger partial charge in [-0.2, -0.15) is 0 Å². The highest BCUT2D eigenvalue weighted by Gasteiger charge is 2.26. The third-order valence-corrected chi connectivity index (χ3v) is 4.86. The second kappa shape index (κ2) is 5.79. The summed E-state index contributed by atoms with van der Waals surface area (Å²) in [5.41, 5.74) is 5.35. The molecule has 4 N–H and O–H groups in total. The highest BCUT2D eigenvalue weighted by Crippen LogP contribution is 2.21. The summed E-state index contributed by atoms with van der Waals surface area (Å²) in [6.07, 6.45) is 0. The molecule has 0 saturated heterocycles. The smallest absolute Gasteiger partial charge is 0.322 e. The van der Waals surface area contributed by atoms with Crippen LogP contribution >= 0.6 is 15.9 Å². The summed E-state index contributed by atoms with van der Waals surface area (Å²) in [7, 11) is -3.81. The molecule has 8 heteroatoms. The van der Waals surface area contributed by atoms with Gasteiger partial charge < -0.3 is 10.8 Å². The first kappa shape index (κ1) is 15.1. The first-order valence-corrected chi connectivity index (χ1v) is 7.28. The fraction of sp³-hybridized carbons (Fsp3) is 0.300. The van der Waals surface area contributed by atoms with E-state index < -0.39 is 28.1 Å². The van der Waals surface area contributed by atoms with Gasteiger partial charge >= 0.3 is 5.97 Å². The van der Waals surface area contributed by atoms with E-state index in [1.165, 1.54) is 13.0 Å². The van der Waals surface area contributed by atoms with Crippen molar-refractivity contribution in [1.82, 2.24) is 4.72 Å². The van der Waals surface area contributed by atoms with Crippen molar-refractivity contribution in [2.75, 3.05) is 0 Å². The highest BCUT2D eigenvalue weighted by molar-refractivity contribution is 9.10. The number of carboxylic acids is 1. The molecule has 0 fully saturated rings. The third-order valence-electron chi connectivity index (χ3n) is 2.29. The SMILES string of the molecule is CC(NS(=O)(=O)c1ccccc1Br)C(N)C(=O)O. The van der Waals surface area contributed by atoms with Gasteiger partial charge in [-0.1, -0.05) is 12.1 Å². The van der Waals surface area contributed by atoms with Crippen LogP contribution in [0.1, 0.15) is 6.92 Å². The molecule has 2 unspecified atom stereocenters. The Morgan fingerprint density at radius 3 is 2.50 bits per heavy atom. The lowest BCUT2D eigenvalue weighted by Gasteiger charge is -2.18. The molecule has 0 aliphatic carbocycles. The molecule has 18 heavy (non-hydrogen) atoms. The van der Waals surface area contributed by atoms with E-state index in [4.69, 9.17) is 10.8 Å². The first-order valence-electron chi connectivity index (χ1n) is 5.01. The van der Waals surface area contributed by atoms with Crippen LogP contribution < -0.4 is 10.5 Å². The molecule has 0 radical (unpaired) electrons. The number of sulfonamides is 1. The Bertz CT molecular complexity index is 547. The summed E-state index contributed by atoms with van der Waals surface area (Å²) in [4.78, 5) is 10.7. The number of benzene rings is 1. The van der Waals surface area contributed by atoms with Crippen LogP contribution in [0.3, 0.4) is 0 Å². The fourth-order valence-electron chi connectivity index (χ4n) is 1.26. The van der Waals surface area contributed by atoms with E-state index in [9.17, 15) is 13.2 Å². The van der Waals surface area contributed by atoms with Crippen molar-refractivity contribution >= 4 is 31.9 Å². The van der Waals surface area contributed by atoms with Crippen molar-refractivity contribution < 1.29 is 18.3 Å². The molecule has 6 nitrogen and oxygen atoms in total. The van der Waals surface area contributed by atoms with E-state index in [0.717, 1.165) is 0 Å². The lowest BCUT2D eigenvalue weighted by atomic mass is 10.2. The summed E-state index contributed by atoms with van der Waals surface area (Å²) in [6.45, 7) is 1.40. The largest absolute Gasteiger partial charge is 0.480 e. The second-order valence-corrected chi connectivity index (χ2v) is 6.24. The van der Waals surface area contributed by atoms with E-state index in [1.54, 1.807) is 18.2 Å². The van der Waals surface area contributed by atoms with Gasteiger partial charge in [0.25, 0.3) is 0 Å². The Labute approximate surface area is 113 Å². The summed E-state index contributed by atoms with van der Waals surface area (Å²) in [5.74, 6) is -1.27. The van der Waals surface area contributed by atoms with Crippen molar-refractivity contribution in [3.63, 3.8) is 0 Å². The lowest BCUT2D eigenvalue weighted by molar-refractivity contribution is -0.138. The van der Waals surface area contributed by atoms with Crippen LogP contribution in [0.2, 0.25) is 0 Å². The molecule has 0 aliphatic rings. The van der Waals surface area contributed by atoms with Gasteiger partial charge in [-0.15, -0.1) is 0 Å². The molecule has 0 amide bonds. The molecule has 0 saturated carbocycles. The summed E-state index contributed by atoms with van der Waals surface area (Å²) in [6, 6.07) is 4.01. The number of aliphatic carboxylic acids is 1. The Balaban J connectivity index is 2.97. The number of carbonyl (C=O) groups is 1. The van der Waals surface area contributed by atoms with Gasteiger partial charge in [-0.3, -0.25) is 4.79 Å². The van der Waals surface area contributed by atoms with Crippen molar-refractivity contribution in [2.45, 2.75) is 23.9 Å². The van der Waals surface area contributed by atoms with Gasteiger partial charge in [0, 0.05) is 10.5 Å². The molecular formula is C10H13BrN2O4S. The zero-order valence-corrected chi connectivity index (χ0v) is 11.9. The summed E-state index contributed by atoms with van der Waals surface area (Å²) in [5, 5.41) is 8.71. The maximum atomic E-state index is 12.0. The van der Waals surface area contributed by atoms with Gasteiger partial charge in [0.05, 0.1) is 4.90 Å². The molecule has 0 aliphatic heterocycles. The monoisotopic (exact) mass is 336 g/mol. The standard InChI is InChI=1S/C10H13BrN2O4S/c1-6(9(12)10(14)15)13-18(16,17)8-5-3-2-4-7(8)11/h2-6,9,13H,12H2,1H3,(H,14,15). The number of nitrogens with one attached hydrogen (secondary N) is 1. The maximum Gasteiger partial charge on any atom is 0.322 e. The number of halogens is 1. The van der Waals surface area contributed by atoms with Gasteiger partial charge in [0.1, 0.15) is 6.04 Å². The normalized spacial score (nSPS) is 15.1. The first-order chi connectivity index (χ1) is 8.25. The zero-order chi connectivity index (χ0) is 13.9. The van der Waals surface area contributed by atoms with Crippen LogP contribution in [0.4, 0.5) is 0 Å². The Hall–Kier alpha value is -0.960. The molecule has 1 aromatic carbocycles. The minimum absolute atomic E-state index is 0.0365. The molecule has 0 bridgehead atoms. The highest BCUT2D eigenvalue weighted by atomic mass is 79.9. The van der Waals surface area contributed by atoms with E-state index in [1.807, 2.05) is 0 Å². The van der Waals surface area contributed by atoms with Crippen molar-refractivity contribution in [2.24, 2.45) is 5.73 Å². The van der Waals surface area contributed by atoms with Gasteiger partial charge in [-0.25, -0.2) is 13.1 Å². The number of hydrogen-bond acceptors (Lipinski definition) is 4. The van der Waals surface area contributed by atoms with Gasteiger partial charge in [0.2, 0.25) is 10.0 Å². The van der Waals surface area contributed by atoms with E-state index >= 15 is 0 Å². The predicted molar refractivity (Wildman–Crippen MR) is 69.5 cm³/mol. The minimum Gasteiger partial charge on any atom is -0.480 e. The molecule has 0 aromatic heterocycles. The van der Waals surface area contributed by atoms with Crippen molar-refractivity contribution in [3.8, 4) is 0 Å². The molecule has 1 rings (SSSR count). The summed E-state index contributed by atoms with van der Waals surface area (Å²) < 4.78 is 26.6. The van der Waals surface area contributed by atoms with E-state index in [0.29, 0.717) is 4.47 Å². The van der Waals surface area contributed by atoms with E-state index in [2.05, 4.69) is 20.7 Å². The van der Waals surface area contributed by atoms with Gasteiger partial charge in [-0.05, 0) is 35.0 Å². The molecule has 100 valence electrons. The Morgan fingerprint density at radius 2 is 2.00 bits per heavy atom. The van der Waals surface area contributed by atoms with Crippen molar-refractivity contribution in [1.29, 1.82) is 0 Å². The van der Waals surface area contributed by atoms with Crippen molar-refractivity contribution in [3.05, 3.63) is 28.7 Å². The molecular weight excluding hydrogens is 324 g/mol. The zero-order valence-electron chi connectivity index (χ0n) is 9.50. The molecule has 1 aromatic rings. The van der Waals surface area contributed by atoms with Crippen LogP contribution in [0.25, 0.3) is 0 Å². The lowest BCUT2D eigenvalue weighted by Crippen LogP contribution is -2.49. The number of rotatable bonds is 5. The molecule has 0 spiro atoms. The summed E-state index contributed by atoms with van der Waals surface area (Å²) >= 11 is 3.12. The number of carboxylic acid groups (broad SMARTS) is 1. The van der Waals surface area contributed by atoms with Crippen LogP contribution in [-0.4, -0.2) is 31.6 Å². The van der Waals surface area contributed by atoms with Crippen LogP contribution in [-0.2, 0) is 14.8 Å². The number of nitrogens with two attached hydrogens (primary N) is 1. The van der Waals surface area contributed by atoms with Crippen LogP contribution in [0, 0.1) is 0 Å². The fourth-order valence-corrected chi connectivity index (χ4v) is 3.53. The van der Waals surface area contributed by atoms with E-state index in [-0.39, 0.29) is 4.90 Å². The second-order valence-electron chi connectivity index (χ2n) is 3.70. The van der Waals surface area contributed by atoms with Gasteiger partial charge in [0.15, 0.2) is 0 Å². The quantitative estimate of drug-likeness (QED) is 0.726. The average molecular weight is 337 g/mol. The van der Waals surface area contributed by atoms with Crippen LogP contribution in [0.5, 0.6) is 0 Å². The average Bonchev–Trinajstić information content (AvgIpc) is 2.27. The predicted octanol–water partition coefficient (Wildman–Crippen LogP) is 0.528.